The van der Waals surface area contributed by atoms with Crippen LogP contribution in [0.5, 0.6) is 5.75 Å². The number of ether oxygens (including phenoxy) is 2. The third-order valence-corrected chi connectivity index (χ3v) is 15.3. The SMILES string of the molecule is COc1ccc([Si](C)(C)[C@@H]2[C@@H](CCn3cc(CCO)nn3)O[C@]3(C(=O)N(Cc4ccc(NC(=O)c5ccccc5)cc4)c4ccccc43)[C@H]2C)cc1. The molecule has 1 fully saturated rings. The quantitative estimate of drug-likeness (QED) is 0.154. The van der Waals surface area contributed by atoms with Crippen molar-refractivity contribution in [3.8, 4) is 5.75 Å². The molecule has 10 nitrogen and oxygen atoms in total. The number of benzene rings is 4. The van der Waals surface area contributed by atoms with E-state index in [0.717, 1.165) is 28.3 Å². The number of nitrogens with zero attached hydrogens (tertiary/aromatic N) is 4. The van der Waals surface area contributed by atoms with Crippen LogP contribution < -0.4 is 20.1 Å². The second-order valence-corrected chi connectivity index (χ2v) is 19.0. The van der Waals surface area contributed by atoms with E-state index in [1.807, 2.05) is 94.6 Å². The highest BCUT2D eigenvalue weighted by molar-refractivity contribution is 6.91. The van der Waals surface area contributed by atoms with Gasteiger partial charge in [0.15, 0.2) is 5.60 Å². The van der Waals surface area contributed by atoms with Gasteiger partial charge in [0.2, 0.25) is 0 Å². The van der Waals surface area contributed by atoms with E-state index in [9.17, 15) is 9.90 Å². The molecular weight excluding hydrogens is 671 g/mol. The first kappa shape index (κ1) is 35.3. The maximum Gasteiger partial charge on any atom is 0.264 e. The Kier molecular flexibility index (Phi) is 9.84. The highest BCUT2D eigenvalue weighted by Crippen LogP contribution is 2.60. The van der Waals surface area contributed by atoms with E-state index in [-0.39, 0.29) is 36.0 Å². The van der Waals surface area contributed by atoms with Crippen LogP contribution in [0.3, 0.4) is 0 Å². The van der Waals surface area contributed by atoms with Crippen molar-refractivity contribution in [3.05, 3.63) is 132 Å². The predicted octanol–water partition coefficient (Wildman–Crippen LogP) is 5.93. The van der Waals surface area contributed by atoms with Crippen molar-refractivity contribution in [2.45, 2.75) is 63.2 Å². The zero-order valence-electron chi connectivity index (χ0n) is 30.0. The van der Waals surface area contributed by atoms with Gasteiger partial charge in [-0.3, -0.25) is 14.3 Å². The summed E-state index contributed by atoms with van der Waals surface area (Å²) < 4.78 is 14.5. The Morgan fingerprint density at radius 3 is 2.40 bits per heavy atom. The summed E-state index contributed by atoms with van der Waals surface area (Å²) in [6, 6.07) is 33.2. The van der Waals surface area contributed by atoms with Crippen LogP contribution in [0.25, 0.3) is 0 Å². The maximum atomic E-state index is 15.0. The smallest absolute Gasteiger partial charge is 0.264 e. The number of aliphatic hydroxyl groups excluding tert-OH is 1. The van der Waals surface area contributed by atoms with Crippen molar-refractivity contribution < 1.29 is 24.2 Å². The lowest BCUT2D eigenvalue weighted by Gasteiger charge is -2.37. The predicted molar refractivity (Wildman–Crippen MR) is 203 cm³/mol. The summed E-state index contributed by atoms with van der Waals surface area (Å²) in [6.07, 6.45) is 2.75. The molecule has 0 radical (unpaired) electrons. The summed E-state index contributed by atoms with van der Waals surface area (Å²) in [5.41, 5.74) is 3.64. The van der Waals surface area contributed by atoms with Gasteiger partial charge < -0.3 is 24.8 Å². The Bertz CT molecular complexity index is 2030. The van der Waals surface area contributed by atoms with Crippen LogP contribution >= 0.6 is 0 Å². The Morgan fingerprint density at radius 2 is 1.69 bits per heavy atom. The number of methoxy groups -OCH3 is 1. The maximum absolute atomic E-state index is 15.0. The lowest BCUT2D eigenvalue weighted by molar-refractivity contribution is -0.146. The first-order valence-electron chi connectivity index (χ1n) is 17.8. The molecule has 11 heteroatoms. The van der Waals surface area contributed by atoms with Crippen LogP contribution in [-0.4, -0.2) is 59.8 Å². The van der Waals surface area contributed by atoms with Crippen LogP contribution in [0, 0.1) is 5.92 Å². The Labute approximate surface area is 305 Å². The van der Waals surface area contributed by atoms with Crippen LogP contribution in [-0.2, 0) is 34.6 Å². The van der Waals surface area contributed by atoms with E-state index in [1.54, 1.807) is 19.2 Å². The fourth-order valence-corrected chi connectivity index (χ4v) is 12.4. The summed E-state index contributed by atoms with van der Waals surface area (Å²) in [5, 5.41) is 22.2. The third-order valence-electron chi connectivity index (χ3n) is 10.9. The number of carbonyl (C=O) groups is 2. The van der Waals surface area contributed by atoms with Crippen LogP contribution in [0.4, 0.5) is 11.4 Å². The zero-order valence-corrected chi connectivity index (χ0v) is 31.0. The van der Waals surface area contributed by atoms with Crippen LogP contribution in [0.15, 0.2) is 109 Å². The molecule has 5 aromatic rings. The summed E-state index contributed by atoms with van der Waals surface area (Å²) in [6.45, 7) is 7.90. The summed E-state index contributed by atoms with van der Waals surface area (Å²) in [7, 11) is -0.629. The zero-order chi connectivity index (χ0) is 36.5. The third kappa shape index (κ3) is 6.44. The van der Waals surface area contributed by atoms with E-state index in [2.05, 4.69) is 47.8 Å². The van der Waals surface area contributed by atoms with E-state index in [1.165, 1.54) is 5.19 Å². The minimum atomic E-state index is -2.30. The van der Waals surface area contributed by atoms with Crippen molar-refractivity contribution in [2.75, 3.05) is 23.9 Å². The second kappa shape index (κ2) is 14.5. The molecule has 0 unspecified atom stereocenters. The number of anilines is 2. The molecule has 2 aliphatic heterocycles. The van der Waals surface area contributed by atoms with Crippen molar-refractivity contribution >= 4 is 36.4 Å². The lowest BCUT2D eigenvalue weighted by atomic mass is 9.82. The molecular formula is C41H45N5O5Si. The van der Waals surface area contributed by atoms with Gasteiger partial charge in [0.05, 0.1) is 39.2 Å². The van der Waals surface area contributed by atoms with Crippen molar-refractivity contribution in [1.82, 2.24) is 15.0 Å². The Morgan fingerprint density at radius 1 is 0.981 bits per heavy atom. The van der Waals surface area contributed by atoms with Gasteiger partial charge in [0.1, 0.15) is 5.75 Å². The topological polar surface area (TPSA) is 119 Å². The number of aliphatic hydroxyl groups is 1. The monoisotopic (exact) mass is 715 g/mol. The normalized spacial score (nSPS) is 21.1. The summed E-state index contributed by atoms with van der Waals surface area (Å²) in [4.78, 5) is 29.6. The van der Waals surface area contributed by atoms with Crippen LogP contribution in [0.1, 0.15) is 40.5 Å². The van der Waals surface area contributed by atoms with Gasteiger partial charge >= 0.3 is 0 Å². The minimum Gasteiger partial charge on any atom is -0.497 e. The van der Waals surface area contributed by atoms with E-state index in [0.29, 0.717) is 37.2 Å². The molecule has 1 aromatic heterocycles. The largest absolute Gasteiger partial charge is 0.497 e. The number of aromatic nitrogens is 3. The average Bonchev–Trinajstić information content (AvgIpc) is 3.81. The van der Waals surface area contributed by atoms with Crippen molar-refractivity contribution in [3.63, 3.8) is 0 Å². The van der Waals surface area contributed by atoms with Crippen LogP contribution in [0.2, 0.25) is 18.6 Å². The molecule has 4 aromatic carbocycles. The number of carbonyl (C=O) groups excluding carboxylic acids is 2. The number of amides is 2. The molecule has 4 atom stereocenters. The van der Waals surface area contributed by atoms with Gasteiger partial charge in [-0.2, -0.15) is 0 Å². The lowest BCUT2D eigenvalue weighted by Crippen LogP contribution is -2.51. The first-order valence-corrected chi connectivity index (χ1v) is 20.9. The number of para-hydroxylation sites is 1. The number of nitrogens with one attached hydrogen (secondary N) is 1. The average molecular weight is 716 g/mol. The fraction of sp³-hybridized carbons (Fsp3) is 0.317. The van der Waals surface area contributed by atoms with E-state index in [4.69, 9.17) is 9.47 Å². The molecule has 52 heavy (non-hydrogen) atoms. The van der Waals surface area contributed by atoms with Gasteiger partial charge in [-0.25, -0.2) is 0 Å². The van der Waals surface area contributed by atoms with Gasteiger partial charge in [-0.05, 0) is 60.0 Å². The molecule has 2 aliphatic rings. The van der Waals surface area contributed by atoms with Gasteiger partial charge in [0.25, 0.3) is 11.8 Å². The van der Waals surface area contributed by atoms with Gasteiger partial charge in [0, 0.05) is 48.5 Å². The standard InChI is InChI=1S/C41H45N5O5Si/c1-28-38(52(3,4)34-20-18-33(50-2)19-21-34)37(22-24-45-27-32(23-25-47)43-44-45)51-41(28)35-12-8-9-13-36(35)46(40(41)49)26-29-14-16-31(17-15-29)42-39(48)30-10-6-5-7-11-30/h5-21,27-28,37-38,47H,22-26H2,1-4H3,(H,42,48)/t28-,37+,38-,41+/m0/s1. The second-order valence-electron chi connectivity index (χ2n) is 14.3. The summed E-state index contributed by atoms with van der Waals surface area (Å²) in [5.74, 6) is 0.451. The molecule has 1 saturated heterocycles. The number of fused-ring (bicyclic) bond motifs is 2. The minimum absolute atomic E-state index is 0.0151. The molecule has 0 saturated carbocycles. The number of aryl methyl sites for hydroxylation is 1. The van der Waals surface area contributed by atoms with Gasteiger partial charge in [-0.15, -0.1) is 5.10 Å². The molecule has 7 rings (SSSR count). The van der Waals surface area contributed by atoms with Crippen molar-refractivity contribution in [1.29, 1.82) is 0 Å². The van der Waals surface area contributed by atoms with E-state index >= 15 is 4.79 Å². The number of hydrogen-bond acceptors (Lipinski definition) is 7. The molecule has 1 spiro atoms. The summed E-state index contributed by atoms with van der Waals surface area (Å²) >= 11 is 0. The van der Waals surface area contributed by atoms with Crippen molar-refractivity contribution in [2.24, 2.45) is 5.92 Å². The molecule has 2 N–H and O–H groups in total. The molecule has 0 aliphatic carbocycles. The molecule has 3 heterocycles. The molecule has 2 amide bonds. The Hall–Kier alpha value is -5.10. The number of hydrogen-bond donors (Lipinski definition) is 2. The number of rotatable bonds is 12. The highest BCUT2D eigenvalue weighted by Gasteiger charge is 2.66. The molecule has 0 bridgehead atoms. The fourth-order valence-electron chi connectivity index (χ4n) is 8.30. The first-order chi connectivity index (χ1) is 25.1. The molecule has 268 valence electrons. The van der Waals surface area contributed by atoms with Gasteiger partial charge in [-0.1, -0.05) is 91.1 Å². The van der Waals surface area contributed by atoms with E-state index < -0.39 is 13.7 Å². The highest BCUT2D eigenvalue weighted by atomic mass is 28.3. The Balaban J connectivity index is 1.19.